The van der Waals surface area contributed by atoms with Crippen molar-refractivity contribution in [3.05, 3.63) is 108 Å². The van der Waals surface area contributed by atoms with E-state index in [1.807, 2.05) is 105 Å². The lowest BCUT2D eigenvalue weighted by Crippen LogP contribution is -2.20. The molecule has 36 heavy (non-hydrogen) atoms. The lowest BCUT2D eigenvalue weighted by Gasteiger charge is -2.14. The van der Waals surface area contributed by atoms with E-state index >= 15 is 0 Å². The zero-order chi connectivity index (χ0) is 25.3. The van der Waals surface area contributed by atoms with E-state index < -0.39 is 0 Å². The van der Waals surface area contributed by atoms with Crippen molar-refractivity contribution in [1.82, 2.24) is 0 Å². The minimum Gasteiger partial charge on any atom is -0.493 e. The molecule has 0 unspecified atom stereocenters. The van der Waals surface area contributed by atoms with Crippen LogP contribution >= 0.6 is 0 Å². The van der Waals surface area contributed by atoms with Crippen molar-refractivity contribution in [2.75, 3.05) is 24.4 Å². The Balaban J connectivity index is 1.29. The highest BCUT2D eigenvalue weighted by Crippen LogP contribution is 2.29. The molecule has 0 radical (unpaired) electrons. The third kappa shape index (κ3) is 6.79. The number of hydrogen-bond donors (Lipinski definition) is 2. The van der Waals surface area contributed by atoms with Crippen LogP contribution in [0.3, 0.4) is 0 Å². The molecule has 0 fully saturated rings. The summed E-state index contributed by atoms with van der Waals surface area (Å²) in [5, 5.41) is 6.25. The number of para-hydroxylation sites is 1. The molecule has 6 nitrogen and oxygen atoms in total. The summed E-state index contributed by atoms with van der Waals surface area (Å²) in [5.74, 6) is 2.43. The summed E-state index contributed by atoms with van der Waals surface area (Å²) in [6, 6.07) is 28.9. The van der Waals surface area contributed by atoms with Gasteiger partial charge < -0.3 is 24.8 Å². The Morgan fingerprint density at radius 2 is 1.47 bits per heavy atom. The van der Waals surface area contributed by atoms with Crippen LogP contribution in [-0.2, 0) is 11.3 Å². The first-order valence-corrected chi connectivity index (χ1v) is 11.7. The van der Waals surface area contributed by atoms with Gasteiger partial charge in [0.2, 0.25) is 0 Å². The molecule has 0 aliphatic carbocycles. The Morgan fingerprint density at radius 3 is 2.19 bits per heavy atom. The van der Waals surface area contributed by atoms with Gasteiger partial charge in [-0.15, -0.1) is 0 Å². The molecule has 4 aromatic rings. The summed E-state index contributed by atoms with van der Waals surface area (Å²) in [5.41, 5.74) is 5.04. The summed E-state index contributed by atoms with van der Waals surface area (Å²) >= 11 is 0. The van der Waals surface area contributed by atoms with E-state index in [-0.39, 0.29) is 12.5 Å². The number of carbonyl (C=O) groups is 1. The van der Waals surface area contributed by atoms with Crippen molar-refractivity contribution in [3.63, 3.8) is 0 Å². The number of benzene rings is 4. The molecule has 0 saturated carbocycles. The summed E-state index contributed by atoms with van der Waals surface area (Å²) in [7, 11) is 1.58. The number of amides is 1. The van der Waals surface area contributed by atoms with Crippen molar-refractivity contribution >= 4 is 17.3 Å². The van der Waals surface area contributed by atoms with Crippen LogP contribution in [0.25, 0.3) is 0 Å². The van der Waals surface area contributed by atoms with Crippen LogP contribution in [0.5, 0.6) is 23.0 Å². The third-order valence-corrected chi connectivity index (χ3v) is 5.71. The number of rotatable bonds is 10. The highest BCUT2D eigenvalue weighted by molar-refractivity contribution is 5.92. The summed E-state index contributed by atoms with van der Waals surface area (Å²) in [6.07, 6.45) is 0. The first-order chi connectivity index (χ1) is 17.5. The van der Waals surface area contributed by atoms with E-state index in [9.17, 15) is 4.79 Å². The second-order valence-corrected chi connectivity index (χ2v) is 8.41. The van der Waals surface area contributed by atoms with Gasteiger partial charge in [-0.05, 0) is 91.2 Å². The summed E-state index contributed by atoms with van der Waals surface area (Å²) in [6.45, 7) is 4.53. The zero-order valence-corrected chi connectivity index (χ0v) is 20.7. The molecule has 2 N–H and O–H groups in total. The predicted octanol–water partition coefficient (Wildman–Crippen LogP) is 6.73. The van der Waals surface area contributed by atoms with Crippen LogP contribution in [0.1, 0.15) is 16.7 Å². The van der Waals surface area contributed by atoms with Crippen LogP contribution in [0.4, 0.5) is 11.4 Å². The molecule has 0 heterocycles. The van der Waals surface area contributed by atoms with Gasteiger partial charge in [-0.3, -0.25) is 4.79 Å². The SMILES string of the molecule is COc1cc(CNc2ccc(Oc3ccccc3)cc2)ccc1OCC(=O)Nc1ccc(C)c(C)c1. The fourth-order valence-corrected chi connectivity index (χ4v) is 3.57. The molecule has 0 saturated heterocycles. The lowest BCUT2D eigenvalue weighted by molar-refractivity contribution is -0.118. The van der Waals surface area contributed by atoms with E-state index in [1.54, 1.807) is 7.11 Å². The average Bonchev–Trinajstić information content (AvgIpc) is 2.90. The molecule has 4 aromatic carbocycles. The van der Waals surface area contributed by atoms with Crippen LogP contribution < -0.4 is 24.8 Å². The number of aryl methyl sites for hydroxylation is 2. The second-order valence-electron chi connectivity index (χ2n) is 8.41. The van der Waals surface area contributed by atoms with Crippen molar-refractivity contribution in [2.24, 2.45) is 0 Å². The number of methoxy groups -OCH3 is 1. The van der Waals surface area contributed by atoms with E-state index in [1.165, 1.54) is 5.56 Å². The number of ether oxygens (including phenoxy) is 3. The van der Waals surface area contributed by atoms with Gasteiger partial charge in [0.05, 0.1) is 7.11 Å². The Kier molecular flexibility index (Phi) is 8.08. The van der Waals surface area contributed by atoms with E-state index in [0.717, 1.165) is 34.0 Å². The van der Waals surface area contributed by atoms with Gasteiger partial charge in [0, 0.05) is 17.9 Å². The van der Waals surface area contributed by atoms with Gasteiger partial charge in [0.1, 0.15) is 11.5 Å². The Bertz CT molecular complexity index is 1300. The first-order valence-electron chi connectivity index (χ1n) is 11.7. The first kappa shape index (κ1) is 24.7. The monoisotopic (exact) mass is 482 g/mol. The second kappa shape index (κ2) is 11.8. The largest absolute Gasteiger partial charge is 0.493 e. The maximum atomic E-state index is 12.3. The fourth-order valence-electron chi connectivity index (χ4n) is 3.57. The molecule has 1 amide bonds. The standard InChI is InChI=1S/C30H30N2O4/c1-21-9-11-25(17-22(21)2)32-30(33)20-35-28-16-10-23(18-29(28)34-3)19-31-24-12-14-27(15-13-24)36-26-7-5-4-6-8-26/h4-18,31H,19-20H2,1-3H3,(H,32,33). The maximum absolute atomic E-state index is 12.3. The molecule has 0 spiro atoms. The molecule has 0 aromatic heterocycles. The molecular weight excluding hydrogens is 452 g/mol. The Hall–Kier alpha value is -4.45. The quantitative estimate of drug-likeness (QED) is 0.262. The number of anilines is 2. The summed E-state index contributed by atoms with van der Waals surface area (Å²) < 4.78 is 17.0. The Labute approximate surface area is 211 Å². The predicted molar refractivity (Wildman–Crippen MR) is 143 cm³/mol. The molecule has 0 atom stereocenters. The molecule has 6 heteroatoms. The van der Waals surface area contributed by atoms with Gasteiger partial charge in [-0.1, -0.05) is 30.3 Å². The maximum Gasteiger partial charge on any atom is 0.262 e. The van der Waals surface area contributed by atoms with Crippen LogP contribution in [0, 0.1) is 13.8 Å². The number of hydrogen-bond acceptors (Lipinski definition) is 5. The molecule has 0 bridgehead atoms. The molecule has 0 aliphatic rings. The minimum atomic E-state index is -0.231. The molecule has 184 valence electrons. The highest BCUT2D eigenvalue weighted by Gasteiger charge is 2.10. The van der Waals surface area contributed by atoms with E-state index in [2.05, 4.69) is 10.6 Å². The lowest BCUT2D eigenvalue weighted by atomic mass is 10.1. The van der Waals surface area contributed by atoms with Crippen molar-refractivity contribution in [2.45, 2.75) is 20.4 Å². The normalized spacial score (nSPS) is 10.4. The van der Waals surface area contributed by atoms with Gasteiger partial charge in [0.25, 0.3) is 5.91 Å². The highest BCUT2D eigenvalue weighted by atomic mass is 16.5. The minimum absolute atomic E-state index is 0.113. The molecule has 4 rings (SSSR count). The van der Waals surface area contributed by atoms with Crippen molar-refractivity contribution < 1.29 is 19.0 Å². The van der Waals surface area contributed by atoms with Gasteiger partial charge >= 0.3 is 0 Å². The number of carbonyl (C=O) groups excluding carboxylic acids is 1. The topological polar surface area (TPSA) is 68.8 Å². The van der Waals surface area contributed by atoms with Crippen molar-refractivity contribution in [1.29, 1.82) is 0 Å². The average molecular weight is 483 g/mol. The van der Waals surface area contributed by atoms with E-state index in [0.29, 0.717) is 18.0 Å². The number of nitrogens with one attached hydrogen (secondary N) is 2. The van der Waals surface area contributed by atoms with E-state index in [4.69, 9.17) is 14.2 Å². The van der Waals surface area contributed by atoms with Gasteiger partial charge in [0.15, 0.2) is 18.1 Å². The summed E-state index contributed by atoms with van der Waals surface area (Å²) in [4.78, 5) is 12.3. The fraction of sp³-hybridized carbons (Fsp3) is 0.167. The van der Waals surface area contributed by atoms with Crippen molar-refractivity contribution in [3.8, 4) is 23.0 Å². The van der Waals surface area contributed by atoms with Crippen LogP contribution in [0.15, 0.2) is 91.0 Å². The Morgan fingerprint density at radius 1 is 0.750 bits per heavy atom. The zero-order valence-electron chi connectivity index (χ0n) is 20.7. The van der Waals surface area contributed by atoms with Gasteiger partial charge in [-0.25, -0.2) is 0 Å². The molecular formula is C30H30N2O4. The van der Waals surface area contributed by atoms with Gasteiger partial charge in [-0.2, -0.15) is 0 Å². The molecule has 0 aliphatic heterocycles. The van der Waals surface area contributed by atoms with Crippen LogP contribution in [-0.4, -0.2) is 19.6 Å². The third-order valence-electron chi connectivity index (χ3n) is 5.71. The smallest absolute Gasteiger partial charge is 0.262 e. The van der Waals surface area contributed by atoms with Crippen LogP contribution in [0.2, 0.25) is 0 Å².